The molecular formula is C15H21N3S. The van der Waals surface area contributed by atoms with Crippen LogP contribution in [0.5, 0.6) is 0 Å². The highest BCUT2D eigenvalue weighted by Crippen LogP contribution is 2.29. The van der Waals surface area contributed by atoms with E-state index in [-0.39, 0.29) is 0 Å². The van der Waals surface area contributed by atoms with Gasteiger partial charge in [0.05, 0.1) is 5.52 Å². The number of nitrogens with zero attached hydrogens (tertiary/aromatic N) is 2. The molecule has 2 aromatic rings. The van der Waals surface area contributed by atoms with Gasteiger partial charge in [0.1, 0.15) is 5.00 Å². The fourth-order valence-electron chi connectivity index (χ4n) is 2.80. The van der Waals surface area contributed by atoms with E-state index in [0.717, 1.165) is 5.52 Å². The summed E-state index contributed by atoms with van der Waals surface area (Å²) in [6.45, 7) is 5.95. The second-order valence-electron chi connectivity index (χ2n) is 5.29. The Hall–Kier alpha value is -1.13. The molecule has 0 aliphatic carbocycles. The molecule has 4 heteroatoms. The molecule has 0 bridgehead atoms. The summed E-state index contributed by atoms with van der Waals surface area (Å²) in [5, 5.41) is 6.20. The van der Waals surface area contributed by atoms with E-state index in [1.807, 2.05) is 0 Å². The molecule has 1 saturated heterocycles. The van der Waals surface area contributed by atoms with Crippen molar-refractivity contribution in [1.29, 1.82) is 0 Å². The number of likely N-dealkylation sites (tertiary alicyclic amines) is 1. The van der Waals surface area contributed by atoms with Crippen molar-refractivity contribution in [3.63, 3.8) is 0 Å². The second-order valence-corrected chi connectivity index (χ2v) is 6.06. The van der Waals surface area contributed by atoms with Gasteiger partial charge in [-0.15, -0.1) is 0 Å². The predicted molar refractivity (Wildman–Crippen MR) is 83.0 cm³/mol. The molecule has 0 amide bonds. The van der Waals surface area contributed by atoms with E-state index in [2.05, 4.69) is 45.8 Å². The third-order valence-corrected chi connectivity index (χ3v) is 4.65. The Kier molecular flexibility index (Phi) is 3.99. The number of piperidine rings is 1. The van der Waals surface area contributed by atoms with E-state index in [0.29, 0.717) is 6.04 Å². The quantitative estimate of drug-likeness (QED) is 0.924. The molecule has 1 aliphatic rings. The van der Waals surface area contributed by atoms with Crippen molar-refractivity contribution in [2.75, 3.05) is 25.0 Å². The Bertz CT molecular complexity index is 529. The van der Waals surface area contributed by atoms with Crippen molar-refractivity contribution < 1.29 is 0 Å². The number of fused-ring (bicyclic) bond motifs is 1. The van der Waals surface area contributed by atoms with Crippen LogP contribution in [0.4, 0.5) is 5.00 Å². The van der Waals surface area contributed by atoms with Crippen LogP contribution in [-0.4, -0.2) is 34.9 Å². The monoisotopic (exact) mass is 275 g/mol. The fourth-order valence-corrected chi connectivity index (χ4v) is 3.64. The molecule has 0 atom stereocenters. The van der Waals surface area contributed by atoms with Gasteiger partial charge in [0.15, 0.2) is 0 Å². The van der Waals surface area contributed by atoms with E-state index in [1.165, 1.54) is 49.3 Å². The largest absolute Gasteiger partial charge is 0.372 e. The highest BCUT2D eigenvalue weighted by molar-refractivity contribution is 7.11. The van der Waals surface area contributed by atoms with E-state index < -0.39 is 0 Å². The van der Waals surface area contributed by atoms with E-state index >= 15 is 0 Å². The number of rotatable bonds is 4. The Balaban J connectivity index is 1.63. The smallest absolute Gasteiger partial charge is 0.117 e. The zero-order chi connectivity index (χ0) is 13.1. The van der Waals surface area contributed by atoms with Crippen LogP contribution in [0.15, 0.2) is 24.3 Å². The zero-order valence-corrected chi connectivity index (χ0v) is 12.2. The molecule has 1 N–H and O–H groups in total. The number of benzene rings is 1. The molecule has 1 fully saturated rings. The number of hydrogen-bond donors (Lipinski definition) is 1. The minimum Gasteiger partial charge on any atom is -0.372 e. The van der Waals surface area contributed by atoms with E-state index in [9.17, 15) is 0 Å². The summed E-state index contributed by atoms with van der Waals surface area (Å²) in [6, 6.07) is 8.99. The highest BCUT2D eigenvalue weighted by Gasteiger charge is 2.19. The van der Waals surface area contributed by atoms with Crippen molar-refractivity contribution in [1.82, 2.24) is 9.27 Å². The molecule has 3 nitrogen and oxygen atoms in total. The molecule has 3 rings (SSSR count). The standard InChI is InChI=1S/C15H21N3S/c1-2-9-18-10-7-12(8-11-18)16-15-13-5-3-4-6-14(13)17-19-15/h3-6,12,16H,2,7-11H2,1H3. The van der Waals surface area contributed by atoms with Crippen molar-refractivity contribution in [2.45, 2.75) is 32.2 Å². The maximum atomic E-state index is 4.50. The van der Waals surface area contributed by atoms with Crippen LogP contribution in [0.2, 0.25) is 0 Å². The molecule has 102 valence electrons. The topological polar surface area (TPSA) is 28.2 Å². The minimum atomic E-state index is 0.608. The van der Waals surface area contributed by atoms with Crippen LogP contribution < -0.4 is 5.32 Å². The molecule has 0 unspecified atom stereocenters. The lowest BCUT2D eigenvalue weighted by atomic mass is 10.0. The SMILES string of the molecule is CCCN1CCC(Nc2snc3ccccc23)CC1. The van der Waals surface area contributed by atoms with Gasteiger partial charge in [-0.3, -0.25) is 0 Å². The molecular weight excluding hydrogens is 254 g/mol. The molecule has 0 radical (unpaired) electrons. The molecule has 1 aromatic carbocycles. The van der Waals surface area contributed by atoms with Gasteiger partial charge in [-0.25, -0.2) is 0 Å². The third kappa shape index (κ3) is 2.90. The van der Waals surface area contributed by atoms with Gasteiger partial charge < -0.3 is 10.2 Å². The molecule has 1 aliphatic heterocycles. The number of hydrogen-bond acceptors (Lipinski definition) is 4. The maximum Gasteiger partial charge on any atom is 0.117 e. The second kappa shape index (κ2) is 5.88. The number of aromatic nitrogens is 1. The number of nitrogens with one attached hydrogen (secondary N) is 1. The normalized spacial score (nSPS) is 17.9. The molecule has 0 saturated carbocycles. The van der Waals surface area contributed by atoms with Crippen LogP contribution in [0, 0.1) is 0 Å². The Labute approximate surface area is 118 Å². The van der Waals surface area contributed by atoms with Crippen molar-refractivity contribution in [3.8, 4) is 0 Å². The van der Waals surface area contributed by atoms with Gasteiger partial charge in [0, 0.05) is 24.5 Å². The Morgan fingerprint density at radius 2 is 2.11 bits per heavy atom. The van der Waals surface area contributed by atoms with Gasteiger partial charge in [0.2, 0.25) is 0 Å². The minimum absolute atomic E-state index is 0.608. The fraction of sp³-hybridized carbons (Fsp3) is 0.533. The molecule has 0 spiro atoms. The Morgan fingerprint density at radius 1 is 1.32 bits per heavy atom. The Morgan fingerprint density at radius 3 is 2.89 bits per heavy atom. The first kappa shape index (κ1) is 12.9. The van der Waals surface area contributed by atoms with Crippen LogP contribution in [0.25, 0.3) is 10.9 Å². The summed E-state index contributed by atoms with van der Waals surface area (Å²) in [7, 11) is 0. The zero-order valence-electron chi connectivity index (χ0n) is 11.4. The molecule has 2 heterocycles. The summed E-state index contributed by atoms with van der Waals surface area (Å²) in [4.78, 5) is 2.57. The first-order valence-electron chi connectivity index (χ1n) is 7.20. The first-order valence-corrected chi connectivity index (χ1v) is 7.97. The summed E-state index contributed by atoms with van der Waals surface area (Å²) in [6.07, 6.45) is 3.75. The number of anilines is 1. The predicted octanol–water partition coefficient (Wildman–Crippen LogP) is 3.58. The average Bonchev–Trinajstić information content (AvgIpc) is 2.85. The van der Waals surface area contributed by atoms with Crippen molar-refractivity contribution >= 4 is 27.4 Å². The molecule has 1 aromatic heterocycles. The van der Waals surface area contributed by atoms with Crippen molar-refractivity contribution in [2.24, 2.45) is 0 Å². The van der Waals surface area contributed by atoms with Gasteiger partial charge in [-0.05, 0) is 49.5 Å². The lowest BCUT2D eigenvalue weighted by Gasteiger charge is -2.32. The van der Waals surface area contributed by atoms with Crippen LogP contribution in [-0.2, 0) is 0 Å². The summed E-state index contributed by atoms with van der Waals surface area (Å²) < 4.78 is 4.50. The lowest BCUT2D eigenvalue weighted by molar-refractivity contribution is 0.219. The van der Waals surface area contributed by atoms with Crippen LogP contribution in [0.1, 0.15) is 26.2 Å². The van der Waals surface area contributed by atoms with Crippen molar-refractivity contribution in [3.05, 3.63) is 24.3 Å². The van der Waals surface area contributed by atoms with Gasteiger partial charge >= 0.3 is 0 Å². The third-order valence-electron chi connectivity index (χ3n) is 3.85. The summed E-state index contributed by atoms with van der Waals surface area (Å²) in [5.74, 6) is 0. The maximum absolute atomic E-state index is 4.50. The summed E-state index contributed by atoms with van der Waals surface area (Å²) in [5.41, 5.74) is 1.11. The molecule has 19 heavy (non-hydrogen) atoms. The van der Waals surface area contributed by atoms with Gasteiger partial charge in [-0.1, -0.05) is 19.1 Å². The van der Waals surface area contributed by atoms with Crippen LogP contribution in [0.3, 0.4) is 0 Å². The highest BCUT2D eigenvalue weighted by atomic mass is 32.1. The first-order chi connectivity index (χ1) is 9.36. The average molecular weight is 275 g/mol. The van der Waals surface area contributed by atoms with E-state index in [4.69, 9.17) is 0 Å². The van der Waals surface area contributed by atoms with E-state index in [1.54, 1.807) is 11.5 Å². The summed E-state index contributed by atoms with van der Waals surface area (Å²) >= 11 is 1.59. The van der Waals surface area contributed by atoms with Gasteiger partial charge in [-0.2, -0.15) is 4.37 Å². The lowest BCUT2D eigenvalue weighted by Crippen LogP contribution is -2.39. The van der Waals surface area contributed by atoms with Crippen LogP contribution >= 0.6 is 11.5 Å². The van der Waals surface area contributed by atoms with Gasteiger partial charge in [0.25, 0.3) is 0 Å².